The monoisotopic (exact) mass is 432 g/mol. The molecule has 0 fully saturated rings. The van der Waals surface area contributed by atoms with E-state index < -0.39 is 35.1 Å². The van der Waals surface area contributed by atoms with Crippen molar-refractivity contribution in [1.29, 1.82) is 0 Å². The van der Waals surface area contributed by atoms with Crippen molar-refractivity contribution in [2.24, 2.45) is 0 Å². The highest BCUT2D eigenvalue weighted by molar-refractivity contribution is 5.86. The lowest BCUT2D eigenvalue weighted by atomic mass is 9.97. The first-order chi connectivity index (χ1) is 14.8. The average molecular weight is 432 g/mol. The third-order valence-corrected chi connectivity index (χ3v) is 4.41. The number of rotatable bonds is 7. The Kier molecular flexibility index (Phi) is 6.58. The van der Waals surface area contributed by atoms with E-state index in [4.69, 9.17) is 13.9 Å². The van der Waals surface area contributed by atoms with E-state index in [1.807, 2.05) is 0 Å². The number of pyridine rings is 1. The molecule has 0 aliphatic rings. The summed E-state index contributed by atoms with van der Waals surface area (Å²) in [5.41, 5.74) is -0.638. The van der Waals surface area contributed by atoms with E-state index in [1.165, 1.54) is 24.4 Å². The van der Waals surface area contributed by atoms with Crippen LogP contribution in [0.3, 0.4) is 0 Å². The Bertz CT molecular complexity index is 1170. The van der Waals surface area contributed by atoms with E-state index in [-0.39, 0.29) is 35.9 Å². The SMILES string of the molecule is CCOC(=O)c1cnc(C(C(=O)OC)c2ccc(Cn3cccc(F)c3=O)c(F)c2)o1. The summed E-state index contributed by atoms with van der Waals surface area (Å²) in [5, 5.41) is 0. The molecule has 1 atom stereocenters. The van der Waals surface area contributed by atoms with Gasteiger partial charge in [-0.2, -0.15) is 0 Å². The van der Waals surface area contributed by atoms with Crippen molar-refractivity contribution in [2.75, 3.05) is 13.7 Å². The molecule has 0 aliphatic heterocycles. The Labute approximate surface area is 175 Å². The van der Waals surface area contributed by atoms with Gasteiger partial charge in [0.15, 0.2) is 11.7 Å². The Morgan fingerprint density at radius 3 is 2.68 bits per heavy atom. The van der Waals surface area contributed by atoms with Crippen LogP contribution < -0.4 is 5.56 Å². The molecule has 1 unspecified atom stereocenters. The minimum atomic E-state index is -1.24. The van der Waals surface area contributed by atoms with Crippen LogP contribution >= 0.6 is 0 Å². The van der Waals surface area contributed by atoms with E-state index in [9.17, 15) is 23.2 Å². The van der Waals surface area contributed by atoms with Gasteiger partial charge in [0.1, 0.15) is 5.82 Å². The van der Waals surface area contributed by atoms with E-state index in [0.29, 0.717) is 0 Å². The van der Waals surface area contributed by atoms with Crippen LogP contribution in [0, 0.1) is 11.6 Å². The van der Waals surface area contributed by atoms with Crippen molar-refractivity contribution in [2.45, 2.75) is 19.4 Å². The fourth-order valence-corrected chi connectivity index (χ4v) is 2.90. The minimum absolute atomic E-state index is 0.0969. The number of esters is 2. The Balaban J connectivity index is 1.93. The summed E-state index contributed by atoms with van der Waals surface area (Å²) in [4.78, 5) is 39.9. The maximum atomic E-state index is 14.8. The van der Waals surface area contributed by atoms with E-state index >= 15 is 0 Å². The molecular formula is C21H18F2N2O6. The molecule has 1 aromatic carbocycles. The zero-order valence-electron chi connectivity index (χ0n) is 16.6. The molecule has 0 radical (unpaired) electrons. The van der Waals surface area contributed by atoms with Crippen molar-refractivity contribution >= 4 is 11.9 Å². The van der Waals surface area contributed by atoms with Crippen LogP contribution in [0.25, 0.3) is 0 Å². The first kappa shape index (κ1) is 21.9. The molecule has 0 spiro atoms. The van der Waals surface area contributed by atoms with Crippen molar-refractivity contribution in [3.63, 3.8) is 0 Å². The van der Waals surface area contributed by atoms with Crippen molar-refractivity contribution in [1.82, 2.24) is 9.55 Å². The Hall–Kier alpha value is -3.82. The summed E-state index contributed by atoms with van der Waals surface area (Å²) in [7, 11) is 1.14. The number of methoxy groups -OCH3 is 1. The van der Waals surface area contributed by atoms with Gasteiger partial charge in [-0.25, -0.2) is 18.6 Å². The number of carbonyl (C=O) groups excluding carboxylic acids is 2. The molecule has 0 aliphatic carbocycles. The largest absolute Gasteiger partial charge is 0.468 e. The summed E-state index contributed by atoms with van der Waals surface area (Å²) < 4.78 is 44.1. The average Bonchev–Trinajstić information content (AvgIpc) is 3.23. The lowest BCUT2D eigenvalue weighted by Crippen LogP contribution is -2.23. The van der Waals surface area contributed by atoms with Crippen LogP contribution in [0.5, 0.6) is 0 Å². The molecule has 8 nitrogen and oxygen atoms in total. The third kappa shape index (κ3) is 4.68. The zero-order chi connectivity index (χ0) is 22.5. The normalized spacial score (nSPS) is 11.7. The minimum Gasteiger partial charge on any atom is -0.468 e. The summed E-state index contributed by atoms with van der Waals surface area (Å²) in [6.45, 7) is 1.53. The van der Waals surface area contributed by atoms with Crippen LogP contribution in [0.1, 0.15) is 40.4 Å². The summed E-state index contributed by atoms with van der Waals surface area (Å²) in [6.07, 6.45) is 2.43. The number of ether oxygens (including phenoxy) is 2. The smallest absolute Gasteiger partial charge is 0.375 e. The quantitative estimate of drug-likeness (QED) is 0.529. The highest BCUT2D eigenvalue weighted by atomic mass is 19.1. The fourth-order valence-electron chi connectivity index (χ4n) is 2.90. The summed E-state index contributed by atoms with van der Waals surface area (Å²) in [6, 6.07) is 6.20. The first-order valence-corrected chi connectivity index (χ1v) is 9.19. The van der Waals surface area contributed by atoms with E-state index in [1.54, 1.807) is 6.92 Å². The molecule has 0 saturated carbocycles. The number of benzene rings is 1. The lowest BCUT2D eigenvalue weighted by molar-refractivity contribution is -0.141. The molecule has 162 valence electrons. The number of carbonyl (C=O) groups is 2. The molecule has 0 amide bonds. The van der Waals surface area contributed by atoms with Gasteiger partial charge >= 0.3 is 11.9 Å². The maximum absolute atomic E-state index is 14.8. The second-order valence-corrected chi connectivity index (χ2v) is 6.38. The van der Waals surface area contributed by atoms with Crippen LogP contribution in [-0.4, -0.2) is 35.2 Å². The third-order valence-electron chi connectivity index (χ3n) is 4.41. The molecular weight excluding hydrogens is 414 g/mol. The predicted molar refractivity (Wildman–Crippen MR) is 102 cm³/mol. The molecule has 3 aromatic rings. The second kappa shape index (κ2) is 9.33. The standard InChI is InChI=1S/C21H18F2N2O6/c1-3-30-20(27)16-10-24-18(31-16)17(21(28)29-2)12-6-7-13(15(23)9-12)11-25-8-4-5-14(22)19(25)26/h4-10,17H,3,11H2,1-2H3. The Morgan fingerprint density at radius 2 is 2.00 bits per heavy atom. The number of nitrogens with zero attached hydrogens (tertiary/aromatic N) is 2. The summed E-state index contributed by atoms with van der Waals surface area (Å²) in [5.74, 6) is -4.87. The maximum Gasteiger partial charge on any atom is 0.375 e. The van der Waals surface area contributed by atoms with Crippen molar-refractivity contribution in [3.05, 3.63) is 87.5 Å². The van der Waals surface area contributed by atoms with Gasteiger partial charge in [0.2, 0.25) is 11.7 Å². The van der Waals surface area contributed by atoms with Gasteiger partial charge in [-0.3, -0.25) is 9.59 Å². The number of hydrogen-bond donors (Lipinski definition) is 0. The zero-order valence-corrected chi connectivity index (χ0v) is 16.6. The van der Waals surface area contributed by atoms with E-state index in [0.717, 1.165) is 30.0 Å². The molecule has 0 N–H and O–H groups in total. The van der Waals surface area contributed by atoms with Gasteiger partial charge in [-0.15, -0.1) is 0 Å². The lowest BCUT2D eigenvalue weighted by Gasteiger charge is -2.14. The number of oxazole rings is 1. The van der Waals surface area contributed by atoms with E-state index in [2.05, 4.69) is 4.98 Å². The van der Waals surface area contributed by atoms with Crippen molar-refractivity contribution in [3.8, 4) is 0 Å². The molecule has 2 aromatic heterocycles. The molecule has 0 bridgehead atoms. The van der Waals surface area contributed by atoms with Crippen LogP contribution in [0.2, 0.25) is 0 Å². The molecule has 31 heavy (non-hydrogen) atoms. The second-order valence-electron chi connectivity index (χ2n) is 6.38. The highest BCUT2D eigenvalue weighted by Crippen LogP contribution is 2.28. The van der Waals surface area contributed by atoms with Crippen LogP contribution in [0.4, 0.5) is 8.78 Å². The van der Waals surface area contributed by atoms with Crippen molar-refractivity contribution < 1.29 is 32.3 Å². The van der Waals surface area contributed by atoms with Gasteiger partial charge in [0.05, 0.1) is 26.5 Å². The topological polar surface area (TPSA) is 101 Å². The molecule has 0 saturated heterocycles. The predicted octanol–water partition coefficient (Wildman–Crippen LogP) is 2.64. The van der Waals surface area contributed by atoms with Gasteiger partial charge in [-0.05, 0) is 30.7 Å². The van der Waals surface area contributed by atoms with Gasteiger partial charge in [0, 0.05) is 11.8 Å². The first-order valence-electron chi connectivity index (χ1n) is 9.19. The van der Waals surface area contributed by atoms with Crippen LogP contribution in [-0.2, 0) is 20.8 Å². The summed E-state index contributed by atoms with van der Waals surface area (Å²) >= 11 is 0. The highest BCUT2D eigenvalue weighted by Gasteiger charge is 2.30. The van der Waals surface area contributed by atoms with Gasteiger partial charge < -0.3 is 18.5 Å². The molecule has 3 rings (SSSR count). The molecule has 10 heteroatoms. The van der Waals surface area contributed by atoms with Crippen LogP contribution in [0.15, 0.2) is 51.9 Å². The Morgan fingerprint density at radius 1 is 1.23 bits per heavy atom. The molecule has 2 heterocycles. The van der Waals surface area contributed by atoms with Gasteiger partial charge in [0.25, 0.3) is 5.56 Å². The fraction of sp³-hybridized carbons (Fsp3) is 0.238. The number of halogens is 2. The van der Waals surface area contributed by atoms with Gasteiger partial charge in [-0.1, -0.05) is 12.1 Å². The number of aromatic nitrogens is 2. The number of hydrogen-bond acceptors (Lipinski definition) is 7.